The number of carbonyl (C=O) groups excluding carboxylic acids is 2. The van der Waals surface area contributed by atoms with E-state index in [1.54, 1.807) is 6.92 Å². The summed E-state index contributed by atoms with van der Waals surface area (Å²) in [4.78, 5) is 30.4. The van der Waals surface area contributed by atoms with Gasteiger partial charge in [0.05, 0.1) is 11.0 Å². The number of amides is 1. The van der Waals surface area contributed by atoms with Gasteiger partial charge in [0.15, 0.2) is 0 Å². The van der Waals surface area contributed by atoms with E-state index in [9.17, 15) is 9.59 Å². The highest BCUT2D eigenvalue weighted by Gasteiger charge is 2.17. The topological polar surface area (TPSA) is 97.6 Å². The van der Waals surface area contributed by atoms with E-state index in [0.29, 0.717) is 30.6 Å². The Hall–Kier alpha value is -2.39. The number of benzene rings is 1. The molecule has 29 heavy (non-hydrogen) atoms. The lowest BCUT2D eigenvalue weighted by Gasteiger charge is -2.17. The van der Waals surface area contributed by atoms with Gasteiger partial charge in [-0.05, 0) is 20.0 Å². The molecule has 0 saturated carbocycles. The van der Waals surface area contributed by atoms with E-state index in [4.69, 9.17) is 9.26 Å². The summed E-state index contributed by atoms with van der Waals surface area (Å²) in [5.41, 5.74) is 0.873. The van der Waals surface area contributed by atoms with Crippen LogP contribution in [-0.4, -0.2) is 65.0 Å². The first-order valence-corrected chi connectivity index (χ1v) is 10.7. The summed E-state index contributed by atoms with van der Waals surface area (Å²) in [6.07, 6.45) is 0. The second kappa shape index (κ2) is 12.2. The van der Waals surface area contributed by atoms with Crippen molar-refractivity contribution in [2.75, 3.05) is 32.8 Å². The van der Waals surface area contributed by atoms with E-state index >= 15 is 0 Å². The minimum Gasteiger partial charge on any atom is -0.463 e. The summed E-state index contributed by atoms with van der Waals surface area (Å²) in [6.45, 7) is 8.57. The van der Waals surface area contributed by atoms with Gasteiger partial charge in [0.1, 0.15) is 13.2 Å². The van der Waals surface area contributed by atoms with Crippen molar-refractivity contribution in [1.82, 2.24) is 20.4 Å². The maximum absolute atomic E-state index is 12.2. The van der Waals surface area contributed by atoms with Gasteiger partial charge in [0.25, 0.3) is 0 Å². The van der Waals surface area contributed by atoms with Crippen molar-refractivity contribution in [1.29, 1.82) is 0 Å². The fourth-order valence-electron chi connectivity index (χ4n) is 2.47. The van der Waals surface area contributed by atoms with Crippen LogP contribution in [0.25, 0.3) is 11.4 Å². The van der Waals surface area contributed by atoms with Gasteiger partial charge in [0, 0.05) is 12.1 Å². The highest BCUT2D eigenvalue weighted by molar-refractivity contribution is 7.99. The van der Waals surface area contributed by atoms with E-state index < -0.39 is 5.97 Å². The number of rotatable bonds is 12. The average Bonchev–Trinajstić information content (AvgIpc) is 3.23. The first-order valence-electron chi connectivity index (χ1n) is 9.68. The first kappa shape index (κ1) is 22.9. The van der Waals surface area contributed by atoms with E-state index in [0.717, 1.165) is 18.7 Å². The van der Waals surface area contributed by atoms with Crippen molar-refractivity contribution in [3.8, 4) is 11.4 Å². The van der Waals surface area contributed by atoms with Crippen molar-refractivity contribution < 1.29 is 18.8 Å². The molecule has 0 fully saturated rings. The molecule has 1 N–H and O–H groups in total. The third kappa shape index (κ3) is 7.86. The zero-order chi connectivity index (χ0) is 21.1. The first-order chi connectivity index (χ1) is 14.0. The lowest BCUT2D eigenvalue weighted by Crippen LogP contribution is -2.36. The van der Waals surface area contributed by atoms with Crippen molar-refractivity contribution in [2.45, 2.75) is 31.8 Å². The third-order valence-electron chi connectivity index (χ3n) is 4.30. The summed E-state index contributed by atoms with van der Waals surface area (Å²) < 4.78 is 10.4. The van der Waals surface area contributed by atoms with Crippen LogP contribution >= 0.6 is 11.8 Å². The van der Waals surface area contributed by atoms with E-state index in [1.165, 1.54) is 11.8 Å². The Morgan fingerprint density at radius 2 is 1.97 bits per heavy atom. The summed E-state index contributed by atoms with van der Waals surface area (Å²) in [6, 6.07) is 9.53. The second-order valence-corrected chi connectivity index (χ2v) is 7.63. The van der Waals surface area contributed by atoms with Gasteiger partial charge in [-0.2, -0.15) is 4.98 Å². The predicted molar refractivity (Wildman–Crippen MR) is 112 cm³/mol. The van der Waals surface area contributed by atoms with Gasteiger partial charge in [-0.25, -0.2) is 0 Å². The fraction of sp³-hybridized carbons (Fsp3) is 0.500. The van der Waals surface area contributed by atoms with E-state index in [2.05, 4.69) is 34.2 Å². The molecule has 9 heteroatoms. The lowest BCUT2D eigenvalue weighted by molar-refractivity contribution is -0.144. The van der Waals surface area contributed by atoms with Crippen molar-refractivity contribution in [3.05, 3.63) is 36.2 Å². The molecule has 0 saturated heterocycles. The lowest BCUT2D eigenvalue weighted by atomic mass is 10.2. The number of nitrogens with zero attached hydrogens (tertiary/aromatic N) is 3. The van der Waals surface area contributed by atoms with Crippen molar-refractivity contribution in [3.63, 3.8) is 0 Å². The minimum absolute atomic E-state index is 0.138. The largest absolute Gasteiger partial charge is 0.463 e. The Morgan fingerprint density at radius 3 is 2.66 bits per heavy atom. The molecule has 1 amide bonds. The molecule has 158 valence electrons. The van der Waals surface area contributed by atoms with Crippen LogP contribution in [0.4, 0.5) is 0 Å². The zero-order valence-electron chi connectivity index (χ0n) is 17.1. The molecule has 1 aromatic heterocycles. The van der Waals surface area contributed by atoms with Crippen LogP contribution in [0.3, 0.4) is 0 Å². The highest BCUT2D eigenvalue weighted by Crippen LogP contribution is 2.20. The van der Waals surface area contributed by atoms with Crippen LogP contribution in [0, 0.1) is 0 Å². The van der Waals surface area contributed by atoms with Crippen molar-refractivity contribution >= 4 is 23.6 Å². The van der Waals surface area contributed by atoms with Crippen molar-refractivity contribution in [2.24, 2.45) is 0 Å². The Bertz CT molecular complexity index is 765. The highest BCUT2D eigenvalue weighted by atomic mass is 32.2. The third-order valence-corrected chi connectivity index (χ3v) is 5.43. The summed E-state index contributed by atoms with van der Waals surface area (Å²) in [5.74, 6) is 0.698. The van der Waals surface area contributed by atoms with Crippen LogP contribution in [-0.2, 0) is 20.1 Å². The van der Waals surface area contributed by atoms with Crippen LogP contribution < -0.4 is 5.32 Å². The number of carbonyl (C=O) groups is 2. The smallest absolute Gasteiger partial charge is 0.325 e. The molecule has 0 aliphatic rings. The van der Waals surface area contributed by atoms with Gasteiger partial charge in [0.2, 0.25) is 17.6 Å². The molecule has 0 bridgehead atoms. The van der Waals surface area contributed by atoms with Crippen LogP contribution in [0.2, 0.25) is 0 Å². The van der Waals surface area contributed by atoms with Crippen LogP contribution in [0.1, 0.15) is 26.7 Å². The van der Waals surface area contributed by atoms with E-state index in [1.807, 2.05) is 30.3 Å². The molecular weight excluding hydrogens is 392 g/mol. The molecule has 1 heterocycles. The zero-order valence-corrected chi connectivity index (χ0v) is 17.9. The minimum atomic E-state index is -0.438. The molecule has 1 atom stereocenters. The molecule has 0 aliphatic carbocycles. The Kier molecular flexibility index (Phi) is 9.66. The molecule has 0 radical (unpaired) electrons. The normalized spacial score (nSPS) is 12.0. The molecule has 8 nitrogen and oxygen atoms in total. The molecule has 2 rings (SSSR count). The fourth-order valence-corrected chi connectivity index (χ4v) is 3.22. The summed E-state index contributed by atoms with van der Waals surface area (Å²) in [5, 5.41) is 6.19. The SMILES string of the molecule is CCN(CC)CCOC(=O)CNC(=O)C(C)SCc1nc(-c2ccccc2)no1. The predicted octanol–water partition coefficient (Wildman–Crippen LogP) is 2.36. The van der Waals surface area contributed by atoms with Gasteiger partial charge >= 0.3 is 5.97 Å². The molecule has 0 spiro atoms. The summed E-state index contributed by atoms with van der Waals surface area (Å²) >= 11 is 1.36. The Morgan fingerprint density at radius 1 is 1.24 bits per heavy atom. The number of likely N-dealkylation sites (N-methyl/N-ethyl adjacent to an activating group) is 1. The standard InChI is InChI=1S/C20H28N4O4S/c1-4-24(5-2)11-12-27-18(25)13-21-20(26)15(3)29-14-17-22-19(23-28-17)16-9-7-6-8-10-16/h6-10,15H,4-5,11-14H2,1-3H3,(H,21,26). The maximum atomic E-state index is 12.2. The number of hydrogen-bond donors (Lipinski definition) is 1. The molecule has 0 aliphatic heterocycles. The number of nitrogens with one attached hydrogen (secondary N) is 1. The van der Waals surface area contributed by atoms with Gasteiger partial charge in [-0.15, -0.1) is 11.8 Å². The molecule has 1 aromatic carbocycles. The summed E-state index contributed by atoms with van der Waals surface area (Å²) in [7, 11) is 0. The number of thioether (sulfide) groups is 1. The maximum Gasteiger partial charge on any atom is 0.325 e. The number of ether oxygens (including phenoxy) is 1. The van der Waals surface area contributed by atoms with Gasteiger partial charge in [-0.3, -0.25) is 9.59 Å². The Balaban J connectivity index is 1.67. The van der Waals surface area contributed by atoms with Crippen LogP contribution in [0.15, 0.2) is 34.9 Å². The Labute approximate surface area is 175 Å². The van der Waals surface area contributed by atoms with Gasteiger partial charge < -0.3 is 19.5 Å². The van der Waals surface area contributed by atoms with E-state index in [-0.39, 0.29) is 17.7 Å². The van der Waals surface area contributed by atoms with Gasteiger partial charge in [-0.1, -0.05) is 49.3 Å². The number of aromatic nitrogens is 2. The average molecular weight is 421 g/mol. The molecular formula is C20H28N4O4S. The molecule has 2 aromatic rings. The number of hydrogen-bond acceptors (Lipinski definition) is 8. The van der Waals surface area contributed by atoms with Crippen LogP contribution in [0.5, 0.6) is 0 Å². The second-order valence-electron chi connectivity index (χ2n) is 6.30. The molecule has 1 unspecified atom stereocenters. The quantitative estimate of drug-likeness (QED) is 0.523. The number of esters is 1. The monoisotopic (exact) mass is 420 g/mol.